The lowest BCUT2D eigenvalue weighted by Gasteiger charge is -2.23. The molecular formula is C20H24FN3O3. The highest BCUT2D eigenvalue weighted by Gasteiger charge is 2.24. The first-order valence-corrected chi connectivity index (χ1v) is 8.95. The molecule has 1 atom stereocenters. The van der Waals surface area contributed by atoms with Gasteiger partial charge >= 0.3 is 0 Å². The molecule has 1 aromatic heterocycles. The van der Waals surface area contributed by atoms with Crippen LogP contribution in [0.1, 0.15) is 32.8 Å². The number of hydrogen-bond acceptors (Lipinski definition) is 5. The van der Waals surface area contributed by atoms with Gasteiger partial charge in [-0.15, -0.1) is 0 Å². The number of fused-ring (bicyclic) bond motifs is 3. The average Bonchev–Trinajstić information content (AvgIpc) is 2.60. The average molecular weight is 373 g/mol. The second kappa shape index (κ2) is 7.92. The molecule has 144 valence electrons. The van der Waals surface area contributed by atoms with Crippen molar-refractivity contribution < 1.29 is 18.7 Å². The van der Waals surface area contributed by atoms with Crippen molar-refractivity contribution in [2.24, 2.45) is 11.7 Å². The summed E-state index contributed by atoms with van der Waals surface area (Å²) in [4.78, 5) is 15.4. The SMILES string of the molecule is CC(=O)Nc1cc2c(cn1)COc1c-2ccc(OC[C@@H](N)CC(C)C)c1F. The summed E-state index contributed by atoms with van der Waals surface area (Å²) in [5.74, 6) is 0.345. The number of aromatic nitrogens is 1. The molecule has 1 aliphatic heterocycles. The monoisotopic (exact) mass is 373 g/mol. The minimum absolute atomic E-state index is 0.118. The first kappa shape index (κ1) is 19.1. The number of carbonyl (C=O) groups is 1. The quantitative estimate of drug-likeness (QED) is 0.809. The summed E-state index contributed by atoms with van der Waals surface area (Å²) in [6.45, 7) is 6.00. The van der Waals surface area contributed by atoms with Crippen LogP contribution in [0.5, 0.6) is 11.5 Å². The van der Waals surface area contributed by atoms with Gasteiger partial charge in [0.05, 0.1) is 0 Å². The maximum atomic E-state index is 14.9. The molecule has 6 nitrogen and oxygen atoms in total. The Morgan fingerprint density at radius 3 is 2.89 bits per heavy atom. The molecule has 27 heavy (non-hydrogen) atoms. The third-order valence-electron chi connectivity index (χ3n) is 4.24. The molecular weight excluding hydrogens is 349 g/mol. The number of halogens is 1. The van der Waals surface area contributed by atoms with Crippen LogP contribution in [-0.4, -0.2) is 23.5 Å². The summed E-state index contributed by atoms with van der Waals surface area (Å²) in [7, 11) is 0. The van der Waals surface area contributed by atoms with Gasteiger partial charge in [-0.25, -0.2) is 4.98 Å². The molecule has 0 unspecified atom stereocenters. The number of benzene rings is 1. The molecule has 1 amide bonds. The standard InChI is InChI=1S/C20H24FN3O3/c1-11(2)6-14(22)10-26-17-5-4-15-16-7-18(24-12(3)25)23-8-13(16)9-27-20(15)19(17)21/h4-5,7-8,11,14H,6,9-10,22H2,1-3H3,(H,23,24,25)/t14-/m0/s1. The Labute approximate surface area is 157 Å². The maximum absolute atomic E-state index is 14.9. The van der Waals surface area contributed by atoms with Gasteiger partial charge in [-0.1, -0.05) is 13.8 Å². The van der Waals surface area contributed by atoms with Gasteiger partial charge in [0.1, 0.15) is 19.0 Å². The van der Waals surface area contributed by atoms with Crippen molar-refractivity contribution in [2.45, 2.75) is 39.8 Å². The Kier molecular flexibility index (Phi) is 5.60. The minimum Gasteiger partial charge on any atom is -0.489 e. The summed E-state index contributed by atoms with van der Waals surface area (Å²) in [6, 6.07) is 4.88. The molecule has 3 rings (SSSR count). The second-order valence-electron chi connectivity index (χ2n) is 7.15. The molecule has 0 aliphatic carbocycles. The largest absolute Gasteiger partial charge is 0.489 e. The number of anilines is 1. The zero-order valence-electron chi connectivity index (χ0n) is 15.7. The van der Waals surface area contributed by atoms with E-state index in [1.807, 2.05) is 0 Å². The van der Waals surface area contributed by atoms with Gasteiger partial charge in [-0.2, -0.15) is 4.39 Å². The van der Waals surface area contributed by atoms with E-state index in [4.69, 9.17) is 15.2 Å². The fourth-order valence-electron chi connectivity index (χ4n) is 3.12. The summed E-state index contributed by atoms with van der Waals surface area (Å²) >= 11 is 0. The molecule has 0 saturated heterocycles. The van der Waals surface area contributed by atoms with E-state index in [-0.39, 0.29) is 36.7 Å². The van der Waals surface area contributed by atoms with Gasteiger partial charge in [0, 0.05) is 30.3 Å². The van der Waals surface area contributed by atoms with Crippen molar-refractivity contribution >= 4 is 11.7 Å². The van der Waals surface area contributed by atoms with Crippen molar-refractivity contribution in [2.75, 3.05) is 11.9 Å². The third-order valence-corrected chi connectivity index (χ3v) is 4.24. The van der Waals surface area contributed by atoms with Crippen LogP contribution < -0.4 is 20.5 Å². The Morgan fingerprint density at radius 1 is 1.41 bits per heavy atom. The number of ether oxygens (including phenoxy) is 2. The topological polar surface area (TPSA) is 86.5 Å². The van der Waals surface area contributed by atoms with Gasteiger partial charge in [0.25, 0.3) is 0 Å². The summed E-state index contributed by atoms with van der Waals surface area (Å²) < 4.78 is 26.1. The van der Waals surface area contributed by atoms with E-state index in [1.165, 1.54) is 6.92 Å². The number of nitrogens with one attached hydrogen (secondary N) is 1. The number of carbonyl (C=O) groups excluding carboxylic acids is 1. The highest BCUT2D eigenvalue weighted by Crippen LogP contribution is 2.42. The van der Waals surface area contributed by atoms with E-state index in [9.17, 15) is 9.18 Å². The summed E-state index contributed by atoms with van der Waals surface area (Å²) in [6.07, 6.45) is 2.42. The van der Waals surface area contributed by atoms with Crippen LogP contribution in [0.15, 0.2) is 24.4 Å². The Balaban J connectivity index is 1.85. The maximum Gasteiger partial charge on any atom is 0.222 e. The third kappa shape index (κ3) is 4.36. The Bertz CT molecular complexity index is 855. The first-order chi connectivity index (χ1) is 12.8. The van der Waals surface area contributed by atoms with E-state index < -0.39 is 5.82 Å². The fraction of sp³-hybridized carbons (Fsp3) is 0.400. The van der Waals surface area contributed by atoms with Crippen molar-refractivity contribution in [3.63, 3.8) is 0 Å². The molecule has 1 aromatic carbocycles. The summed E-state index contributed by atoms with van der Waals surface area (Å²) in [5, 5.41) is 2.64. The molecule has 0 bridgehead atoms. The van der Waals surface area contributed by atoms with E-state index >= 15 is 0 Å². The lowest BCUT2D eigenvalue weighted by molar-refractivity contribution is -0.114. The zero-order valence-corrected chi connectivity index (χ0v) is 15.7. The van der Waals surface area contributed by atoms with Crippen molar-refractivity contribution in [3.8, 4) is 22.6 Å². The van der Waals surface area contributed by atoms with E-state index in [0.29, 0.717) is 17.3 Å². The number of rotatable bonds is 6. The van der Waals surface area contributed by atoms with Gasteiger partial charge in [0.2, 0.25) is 11.7 Å². The number of nitrogens with two attached hydrogens (primary N) is 1. The van der Waals surface area contributed by atoms with Gasteiger partial charge < -0.3 is 20.5 Å². The van der Waals surface area contributed by atoms with E-state index in [2.05, 4.69) is 24.1 Å². The molecule has 0 radical (unpaired) electrons. The predicted octanol–water partition coefficient (Wildman–Crippen LogP) is 3.49. The highest BCUT2D eigenvalue weighted by molar-refractivity contribution is 5.89. The fourth-order valence-corrected chi connectivity index (χ4v) is 3.12. The van der Waals surface area contributed by atoms with Crippen LogP contribution in [0.25, 0.3) is 11.1 Å². The predicted molar refractivity (Wildman–Crippen MR) is 101 cm³/mol. The van der Waals surface area contributed by atoms with Crippen LogP contribution in [0.2, 0.25) is 0 Å². The number of amides is 1. The number of nitrogens with zero attached hydrogens (tertiary/aromatic N) is 1. The van der Waals surface area contributed by atoms with Crippen LogP contribution in [0.3, 0.4) is 0 Å². The molecule has 0 spiro atoms. The zero-order chi connectivity index (χ0) is 19.6. The first-order valence-electron chi connectivity index (χ1n) is 8.95. The van der Waals surface area contributed by atoms with Gasteiger partial charge in [0.15, 0.2) is 11.5 Å². The number of hydrogen-bond donors (Lipinski definition) is 2. The smallest absolute Gasteiger partial charge is 0.222 e. The van der Waals surface area contributed by atoms with E-state index in [1.54, 1.807) is 24.4 Å². The molecule has 2 aromatic rings. The second-order valence-corrected chi connectivity index (χ2v) is 7.15. The van der Waals surface area contributed by atoms with Crippen molar-refractivity contribution in [3.05, 3.63) is 35.8 Å². The molecule has 0 fully saturated rings. The Hall–Kier alpha value is -2.67. The normalized spacial score (nSPS) is 13.4. The van der Waals surface area contributed by atoms with Crippen molar-refractivity contribution in [1.82, 2.24) is 4.98 Å². The molecule has 2 heterocycles. The number of pyridine rings is 1. The highest BCUT2D eigenvalue weighted by atomic mass is 19.1. The van der Waals surface area contributed by atoms with Crippen LogP contribution in [-0.2, 0) is 11.4 Å². The van der Waals surface area contributed by atoms with Gasteiger partial charge in [-0.3, -0.25) is 4.79 Å². The molecule has 0 saturated carbocycles. The Morgan fingerprint density at radius 2 is 2.19 bits per heavy atom. The minimum atomic E-state index is -0.548. The van der Waals surface area contributed by atoms with Crippen molar-refractivity contribution in [1.29, 1.82) is 0 Å². The molecule has 1 aliphatic rings. The molecule has 3 N–H and O–H groups in total. The van der Waals surface area contributed by atoms with Crippen LogP contribution in [0.4, 0.5) is 10.2 Å². The van der Waals surface area contributed by atoms with Crippen LogP contribution in [0, 0.1) is 11.7 Å². The lowest BCUT2D eigenvalue weighted by Crippen LogP contribution is -2.29. The molecule has 7 heteroatoms. The van der Waals surface area contributed by atoms with Crippen LogP contribution >= 0.6 is 0 Å². The lowest BCUT2D eigenvalue weighted by atomic mass is 9.98. The van der Waals surface area contributed by atoms with E-state index in [0.717, 1.165) is 17.5 Å². The van der Waals surface area contributed by atoms with Gasteiger partial charge in [-0.05, 0) is 36.1 Å². The summed E-state index contributed by atoms with van der Waals surface area (Å²) in [5.41, 5.74) is 8.21.